The molecule has 2 aromatic heterocycles. The summed E-state index contributed by atoms with van der Waals surface area (Å²) in [6.45, 7) is 0. The van der Waals surface area contributed by atoms with E-state index < -0.39 is 0 Å². The lowest BCUT2D eigenvalue weighted by Crippen LogP contribution is -2.11. The SMILES string of the molecule is c1ccc(N(c2ccc(-c3cc4ccccc4c4ccccc34)cc2)c2ccc(-c3cccc4oc5ccccc5c34)cc2)c(-c2ccc3oc4cc5ccccc5cc4c3c2)c1. The van der Waals surface area contributed by atoms with Gasteiger partial charge in [-0.3, -0.25) is 0 Å². The lowest BCUT2D eigenvalue weighted by atomic mass is 9.93. The fourth-order valence-corrected chi connectivity index (χ4v) is 9.86. The summed E-state index contributed by atoms with van der Waals surface area (Å²) in [6.07, 6.45) is 0. The lowest BCUT2D eigenvalue weighted by molar-refractivity contribution is 0.669. The zero-order chi connectivity index (χ0) is 41.4. The molecule has 0 aliphatic carbocycles. The molecule has 0 saturated heterocycles. The highest BCUT2D eigenvalue weighted by Gasteiger charge is 2.20. The van der Waals surface area contributed by atoms with Gasteiger partial charge in [0, 0.05) is 38.5 Å². The van der Waals surface area contributed by atoms with Crippen LogP contribution in [-0.4, -0.2) is 0 Å². The molecule has 2 heterocycles. The molecule has 3 heteroatoms. The van der Waals surface area contributed by atoms with E-state index in [1.807, 2.05) is 12.1 Å². The van der Waals surface area contributed by atoms with Crippen LogP contribution in [0.2, 0.25) is 0 Å². The third kappa shape index (κ3) is 5.75. The molecule has 0 atom stereocenters. The summed E-state index contributed by atoms with van der Waals surface area (Å²) in [4.78, 5) is 2.39. The Morgan fingerprint density at radius 2 is 0.810 bits per heavy atom. The Labute approximate surface area is 363 Å². The minimum absolute atomic E-state index is 0.881. The molecule has 0 aliphatic rings. The molecule has 0 unspecified atom stereocenters. The van der Waals surface area contributed by atoms with Gasteiger partial charge in [0.15, 0.2) is 0 Å². The summed E-state index contributed by atoms with van der Waals surface area (Å²) in [5.41, 5.74) is 13.7. The van der Waals surface area contributed by atoms with Gasteiger partial charge in [0.25, 0.3) is 0 Å². The highest BCUT2D eigenvalue weighted by atomic mass is 16.3. The van der Waals surface area contributed by atoms with E-state index in [0.717, 1.165) is 83.2 Å². The normalized spacial score (nSPS) is 11.8. The molecule has 63 heavy (non-hydrogen) atoms. The third-order valence-electron chi connectivity index (χ3n) is 12.8. The maximum absolute atomic E-state index is 6.44. The fourth-order valence-electron chi connectivity index (χ4n) is 9.86. The molecule has 13 aromatic rings. The summed E-state index contributed by atoms with van der Waals surface area (Å²) in [5, 5.41) is 11.9. The quantitative estimate of drug-likeness (QED) is 0.157. The molecule has 11 aromatic carbocycles. The van der Waals surface area contributed by atoms with Gasteiger partial charge in [0.2, 0.25) is 0 Å². The molecule has 0 spiro atoms. The van der Waals surface area contributed by atoms with Crippen molar-refractivity contribution in [3.05, 3.63) is 224 Å². The molecule has 13 rings (SSSR count). The first-order chi connectivity index (χ1) is 31.2. The number of rotatable bonds is 6. The molecule has 0 amide bonds. The summed E-state index contributed by atoms with van der Waals surface area (Å²) in [7, 11) is 0. The van der Waals surface area contributed by atoms with Gasteiger partial charge >= 0.3 is 0 Å². The van der Waals surface area contributed by atoms with Crippen molar-refractivity contribution in [1.82, 2.24) is 0 Å². The van der Waals surface area contributed by atoms with Crippen molar-refractivity contribution in [2.75, 3.05) is 4.90 Å². The van der Waals surface area contributed by atoms with Crippen LogP contribution in [0.5, 0.6) is 0 Å². The molecule has 294 valence electrons. The van der Waals surface area contributed by atoms with Crippen molar-refractivity contribution in [2.45, 2.75) is 0 Å². The second kappa shape index (κ2) is 14.1. The van der Waals surface area contributed by atoms with Crippen LogP contribution >= 0.6 is 0 Å². The van der Waals surface area contributed by atoms with Crippen molar-refractivity contribution in [1.29, 1.82) is 0 Å². The Hall–Kier alpha value is -8.40. The maximum atomic E-state index is 6.44. The Balaban J connectivity index is 0.972. The number of furan rings is 2. The molecule has 0 bridgehead atoms. The molecule has 0 aliphatic heterocycles. The molecule has 0 saturated carbocycles. The first-order valence-electron chi connectivity index (χ1n) is 21.5. The highest BCUT2D eigenvalue weighted by Crippen LogP contribution is 2.45. The number of nitrogens with zero attached hydrogens (tertiary/aromatic N) is 1. The van der Waals surface area contributed by atoms with E-state index in [0.29, 0.717) is 0 Å². The van der Waals surface area contributed by atoms with Crippen LogP contribution in [0.15, 0.2) is 233 Å². The summed E-state index contributed by atoms with van der Waals surface area (Å²) < 4.78 is 12.7. The van der Waals surface area contributed by atoms with E-state index in [4.69, 9.17) is 8.83 Å². The first-order valence-corrected chi connectivity index (χ1v) is 21.5. The van der Waals surface area contributed by atoms with E-state index >= 15 is 0 Å². The van der Waals surface area contributed by atoms with Crippen LogP contribution in [0.4, 0.5) is 17.1 Å². The Morgan fingerprint density at radius 1 is 0.270 bits per heavy atom. The van der Waals surface area contributed by atoms with E-state index in [1.54, 1.807) is 0 Å². The van der Waals surface area contributed by atoms with Crippen LogP contribution in [0, 0.1) is 0 Å². The zero-order valence-electron chi connectivity index (χ0n) is 34.1. The first kappa shape index (κ1) is 35.4. The molecule has 3 nitrogen and oxygen atoms in total. The van der Waals surface area contributed by atoms with Gasteiger partial charge in [0.1, 0.15) is 22.3 Å². The zero-order valence-corrected chi connectivity index (χ0v) is 34.1. The van der Waals surface area contributed by atoms with E-state index in [-0.39, 0.29) is 0 Å². The number of benzene rings is 11. The summed E-state index contributed by atoms with van der Waals surface area (Å²) in [5.74, 6) is 0. The van der Waals surface area contributed by atoms with Gasteiger partial charge in [-0.15, -0.1) is 0 Å². The Kier molecular flexibility index (Phi) is 7.91. The second-order valence-electron chi connectivity index (χ2n) is 16.4. The van der Waals surface area contributed by atoms with Gasteiger partial charge in [-0.25, -0.2) is 0 Å². The van der Waals surface area contributed by atoms with Crippen molar-refractivity contribution in [3.8, 4) is 33.4 Å². The number of hydrogen-bond acceptors (Lipinski definition) is 3. The Morgan fingerprint density at radius 3 is 1.60 bits per heavy atom. The predicted octanol–water partition coefficient (Wildman–Crippen LogP) is 17.4. The van der Waals surface area contributed by atoms with E-state index in [1.165, 1.54) is 43.4 Å². The standard InChI is InChI=1S/C60H37NO2/c1-2-13-41-37-59-54(34-40(41)12-1)53-36-43(28-33-57(53)63-59)47-16-7-9-21-55(47)61(44-29-24-38(25-30-44)48-20-11-23-58-60(48)51-19-8-10-22-56(51)62-58)45-31-26-39(27-32-45)52-35-42-14-3-4-15-46(42)49-17-5-6-18-50(49)52/h1-37H. The second-order valence-corrected chi connectivity index (χ2v) is 16.4. The van der Waals surface area contributed by atoms with Crippen LogP contribution in [0.3, 0.4) is 0 Å². The molecule has 0 N–H and O–H groups in total. The van der Waals surface area contributed by atoms with Crippen LogP contribution < -0.4 is 4.90 Å². The maximum Gasteiger partial charge on any atom is 0.136 e. The number of hydrogen-bond donors (Lipinski definition) is 0. The minimum Gasteiger partial charge on any atom is -0.456 e. The average molecular weight is 804 g/mol. The van der Waals surface area contributed by atoms with Gasteiger partial charge in [-0.05, 0) is 133 Å². The van der Waals surface area contributed by atoms with Crippen LogP contribution in [-0.2, 0) is 0 Å². The smallest absolute Gasteiger partial charge is 0.136 e. The molecular weight excluding hydrogens is 767 g/mol. The highest BCUT2D eigenvalue weighted by molar-refractivity contribution is 6.15. The Bertz CT molecular complexity index is 3910. The third-order valence-corrected chi connectivity index (χ3v) is 12.8. The lowest BCUT2D eigenvalue weighted by Gasteiger charge is -2.28. The van der Waals surface area contributed by atoms with E-state index in [9.17, 15) is 0 Å². The average Bonchev–Trinajstić information content (AvgIpc) is 3.91. The fraction of sp³-hybridized carbons (Fsp3) is 0. The van der Waals surface area contributed by atoms with Crippen molar-refractivity contribution in [3.63, 3.8) is 0 Å². The largest absolute Gasteiger partial charge is 0.456 e. The number of para-hydroxylation sites is 2. The topological polar surface area (TPSA) is 29.5 Å². The predicted molar refractivity (Wildman–Crippen MR) is 265 cm³/mol. The minimum atomic E-state index is 0.881. The van der Waals surface area contributed by atoms with Crippen molar-refractivity contribution >= 4 is 93.3 Å². The molecular formula is C60H37NO2. The van der Waals surface area contributed by atoms with Gasteiger partial charge < -0.3 is 13.7 Å². The van der Waals surface area contributed by atoms with Crippen molar-refractivity contribution < 1.29 is 8.83 Å². The van der Waals surface area contributed by atoms with E-state index in [2.05, 4.69) is 217 Å². The van der Waals surface area contributed by atoms with Gasteiger partial charge in [0.05, 0.1) is 5.69 Å². The number of fused-ring (bicyclic) bond motifs is 10. The summed E-state index contributed by atoms with van der Waals surface area (Å²) >= 11 is 0. The van der Waals surface area contributed by atoms with Gasteiger partial charge in [-0.2, -0.15) is 0 Å². The molecule has 0 radical (unpaired) electrons. The summed E-state index contributed by atoms with van der Waals surface area (Å²) in [6, 6.07) is 80.7. The molecule has 0 fully saturated rings. The van der Waals surface area contributed by atoms with Crippen LogP contribution in [0.1, 0.15) is 0 Å². The monoisotopic (exact) mass is 803 g/mol. The number of anilines is 3. The van der Waals surface area contributed by atoms with Crippen molar-refractivity contribution in [2.24, 2.45) is 0 Å². The van der Waals surface area contributed by atoms with Gasteiger partial charge in [-0.1, -0.05) is 152 Å². The van der Waals surface area contributed by atoms with Crippen LogP contribution in [0.25, 0.3) is 110 Å².